The fourth-order valence-corrected chi connectivity index (χ4v) is 2.19. The lowest BCUT2D eigenvalue weighted by Crippen LogP contribution is -2.51. The van der Waals surface area contributed by atoms with E-state index in [-0.39, 0.29) is 6.04 Å². The van der Waals surface area contributed by atoms with Crippen LogP contribution in [0.4, 0.5) is 0 Å². The summed E-state index contributed by atoms with van der Waals surface area (Å²) in [6.07, 6.45) is 1.80. The molecule has 98 valence electrons. The first-order valence-electron chi connectivity index (χ1n) is 6.26. The van der Waals surface area contributed by atoms with Crippen molar-refractivity contribution in [1.29, 1.82) is 0 Å². The number of carboxylic acid groups (broad SMARTS) is 1. The Morgan fingerprint density at radius 3 is 2.67 bits per heavy atom. The zero-order chi connectivity index (χ0) is 13.0. The van der Waals surface area contributed by atoms with Crippen molar-refractivity contribution in [3.05, 3.63) is 30.1 Å². The number of hydrogen-bond donors (Lipinski definition) is 1. The highest BCUT2D eigenvalue weighted by atomic mass is 16.4. The smallest absolute Gasteiger partial charge is 0.320 e. The van der Waals surface area contributed by atoms with Crippen molar-refractivity contribution in [2.75, 3.05) is 26.2 Å². The summed E-state index contributed by atoms with van der Waals surface area (Å²) in [5.41, 5.74) is 1.07. The van der Waals surface area contributed by atoms with Crippen LogP contribution in [0.15, 0.2) is 24.4 Å². The highest BCUT2D eigenvalue weighted by molar-refractivity contribution is 5.72. The maximum Gasteiger partial charge on any atom is 0.320 e. The van der Waals surface area contributed by atoms with Gasteiger partial charge in [0.05, 0.1) is 5.69 Å². The molecule has 1 N–H and O–H groups in total. The molecule has 0 bridgehead atoms. The molecule has 1 aliphatic heterocycles. The van der Waals surface area contributed by atoms with Crippen LogP contribution in [-0.2, 0) is 11.3 Å². The lowest BCUT2D eigenvalue weighted by atomic mass is 10.2. The summed E-state index contributed by atoms with van der Waals surface area (Å²) in [7, 11) is 0. The molecule has 2 heterocycles. The van der Waals surface area contributed by atoms with Crippen LogP contribution in [0.5, 0.6) is 0 Å². The number of carbonyl (C=O) groups is 1. The van der Waals surface area contributed by atoms with Crippen molar-refractivity contribution in [2.45, 2.75) is 19.5 Å². The van der Waals surface area contributed by atoms with Crippen LogP contribution in [-0.4, -0.2) is 58.1 Å². The zero-order valence-electron chi connectivity index (χ0n) is 10.6. The van der Waals surface area contributed by atoms with Crippen LogP contribution >= 0.6 is 0 Å². The number of aliphatic carboxylic acids is 1. The van der Waals surface area contributed by atoms with Gasteiger partial charge in [0.25, 0.3) is 0 Å². The Hall–Kier alpha value is -1.46. The first kappa shape index (κ1) is 13.0. The molecule has 0 amide bonds. The van der Waals surface area contributed by atoms with Gasteiger partial charge in [-0.05, 0) is 19.1 Å². The Kier molecular flexibility index (Phi) is 4.28. The van der Waals surface area contributed by atoms with Gasteiger partial charge in [-0.2, -0.15) is 0 Å². The minimum absolute atomic E-state index is 0.387. The van der Waals surface area contributed by atoms with Gasteiger partial charge in [0.15, 0.2) is 0 Å². The van der Waals surface area contributed by atoms with Crippen molar-refractivity contribution in [3.8, 4) is 0 Å². The zero-order valence-corrected chi connectivity index (χ0v) is 10.6. The molecule has 1 aromatic heterocycles. The normalized spacial score (nSPS) is 19.6. The summed E-state index contributed by atoms with van der Waals surface area (Å²) < 4.78 is 0. The summed E-state index contributed by atoms with van der Waals surface area (Å²) >= 11 is 0. The van der Waals surface area contributed by atoms with Gasteiger partial charge < -0.3 is 5.11 Å². The molecule has 1 atom stereocenters. The molecule has 0 aliphatic carbocycles. The second-order valence-electron chi connectivity index (χ2n) is 4.65. The Bertz CT molecular complexity index is 388. The van der Waals surface area contributed by atoms with E-state index in [2.05, 4.69) is 9.88 Å². The molecule has 5 heteroatoms. The van der Waals surface area contributed by atoms with Gasteiger partial charge in [-0.25, -0.2) is 0 Å². The molecule has 0 unspecified atom stereocenters. The SMILES string of the molecule is C[C@@H](C(=O)O)N1CCN(Cc2ccccn2)CC1. The highest BCUT2D eigenvalue weighted by Gasteiger charge is 2.24. The third kappa shape index (κ3) is 3.27. The van der Waals surface area contributed by atoms with E-state index >= 15 is 0 Å². The number of rotatable bonds is 4. The summed E-state index contributed by atoms with van der Waals surface area (Å²) in [6.45, 7) is 6.00. The average Bonchev–Trinajstić information content (AvgIpc) is 2.40. The number of piperazine rings is 1. The largest absolute Gasteiger partial charge is 0.480 e. The van der Waals surface area contributed by atoms with Gasteiger partial charge in [0.2, 0.25) is 0 Å². The number of hydrogen-bond acceptors (Lipinski definition) is 4. The Balaban J connectivity index is 1.82. The van der Waals surface area contributed by atoms with Crippen molar-refractivity contribution in [1.82, 2.24) is 14.8 Å². The Morgan fingerprint density at radius 2 is 2.11 bits per heavy atom. The minimum Gasteiger partial charge on any atom is -0.480 e. The lowest BCUT2D eigenvalue weighted by molar-refractivity contribution is -0.143. The van der Waals surface area contributed by atoms with E-state index in [9.17, 15) is 4.79 Å². The molecule has 1 saturated heterocycles. The maximum atomic E-state index is 10.9. The minimum atomic E-state index is -0.742. The van der Waals surface area contributed by atoms with Crippen molar-refractivity contribution in [3.63, 3.8) is 0 Å². The van der Waals surface area contributed by atoms with Crippen LogP contribution in [0.1, 0.15) is 12.6 Å². The maximum absolute atomic E-state index is 10.9. The van der Waals surface area contributed by atoms with Crippen molar-refractivity contribution >= 4 is 5.97 Å². The molecule has 1 aromatic rings. The molecule has 0 radical (unpaired) electrons. The van der Waals surface area contributed by atoms with Crippen molar-refractivity contribution < 1.29 is 9.90 Å². The molecule has 0 saturated carbocycles. The predicted octanol–water partition coefficient (Wildman–Crippen LogP) is 0.672. The third-order valence-electron chi connectivity index (χ3n) is 3.42. The second-order valence-corrected chi connectivity index (χ2v) is 4.65. The monoisotopic (exact) mass is 249 g/mol. The standard InChI is InChI=1S/C13H19N3O2/c1-11(13(17)18)16-8-6-15(7-9-16)10-12-4-2-3-5-14-12/h2-5,11H,6-10H2,1H3,(H,17,18)/t11-/m0/s1. The highest BCUT2D eigenvalue weighted by Crippen LogP contribution is 2.09. The third-order valence-corrected chi connectivity index (χ3v) is 3.42. The number of aromatic nitrogens is 1. The number of nitrogens with zero attached hydrogens (tertiary/aromatic N) is 3. The van der Waals surface area contributed by atoms with E-state index in [1.807, 2.05) is 23.1 Å². The van der Waals surface area contributed by atoms with E-state index in [1.54, 1.807) is 13.1 Å². The van der Waals surface area contributed by atoms with Crippen LogP contribution < -0.4 is 0 Å². The Labute approximate surface area is 107 Å². The van der Waals surface area contributed by atoms with E-state index < -0.39 is 5.97 Å². The number of pyridine rings is 1. The molecule has 0 spiro atoms. The van der Waals surface area contributed by atoms with Gasteiger partial charge in [-0.15, -0.1) is 0 Å². The topological polar surface area (TPSA) is 56.7 Å². The van der Waals surface area contributed by atoms with E-state index in [1.165, 1.54) is 0 Å². The number of carboxylic acids is 1. The van der Waals surface area contributed by atoms with Crippen LogP contribution in [0.25, 0.3) is 0 Å². The van der Waals surface area contributed by atoms with E-state index in [0.717, 1.165) is 38.4 Å². The molecular formula is C13H19N3O2. The molecule has 1 fully saturated rings. The van der Waals surface area contributed by atoms with E-state index in [4.69, 9.17) is 5.11 Å². The van der Waals surface area contributed by atoms with Crippen LogP contribution in [0, 0.1) is 0 Å². The summed E-state index contributed by atoms with van der Waals surface area (Å²) in [5, 5.41) is 8.97. The predicted molar refractivity (Wildman–Crippen MR) is 68.2 cm³/mol. The van der Waals surface area contributed by atoms with Gasteiger partial charge in [0, 0.05) is 38.9 Å². The van der Waals surface area contributed by atoms with Crippen LogP contribution in [0.3, 0.4) is 0 Å². The molecule has 1 aliphatic rings. The first-order chi connectivity index (χ1) is 8.66. The first-order valence-corrected chi connectivity index (χ1v) is 6.26. The quantitative estimate of drug-likeness (QED) is 0.850. The summed E-state index contributed by atoms with van der Waals surface area (Å²) in [6, 6.07) is 5.54. The summed E-state index contributed by atoms with van der Waals surface area (Å²) in [4.78, 5) is 19.5. The lowest BCUT2D eigenvalue weighted by Gasteiger charge is -2.36. The molecular weight excluding hydrogens is 230 g/mol. The molecule has 18 heavy (non-hydrogen) atoms. The molecule has 0 aromatic carbocycles. The summed E-state index contributed by atoms with van der Waals surface area (Å²) in [5.74, 6) is -0.742. The van der Waals surface area contributed by atoms with Gasteiger partial charge in [-0.3, -0.25) is 19.6 Å². The van der Waals surface area contributed by atoms with Crippen LogP contribution in [0.2, 0.25) is 0 Å². The van der Waals surface area contributed by atoms with E-state index in [0.29, 0.717) is 0 Å². The molecule has 5 nitrogen and oxygen atoms in total. The van der Waals surface area contributed by atoms with Gasteiger partial charge in [0.1, 0.15) is 6.04 Å². The second kappa shape index (κ2) is 5.93. The Morgan fingerprint density at radius 1 is 1.39 bits per heavy atom. The van der Waals surface area contributed by atoms with Gasteiger partial charge in [-0.1, -0.05) is 6.07 Å². The van der Waals surface area contributed by atoms with Gasteiger partial charge >= 0.3 is 5.97 Å². The van der Waals surface area contributed by atoms with Crippen molar-refractivity contribution in [2.24, 2.45) is 0 Å². The fourth-order valence-electron chi connectivity index (χ4n) is 2.19. The fraction of sp³-hybridized carbons (Fsp3) is 0.538. The molecule has 2 rings (SSSR count). The average molecular weight is 249 g/mol.